The fourth-order valence-electron chi connectivity index (χ4n) is 4.56. The van der Waals surface area contributed by atoms with Gasteiger partial charge in [-0.15, -0.1) is 0 Å². The first-order valence-electron chi connectivity index (χ1n) is 10.5. The number of carbonyl (C=O) groups is 1. The third-order valence-corrected chi connectivity index (χ3v) is 6.52. The molecule has 2 atom stereocenters. The highest BCUT2D eigenvalue weighted by Crippen LogP contribution is 2.34. The molecule has 3 fully saturated rings. The largest absolute Gasteiger partial charge is 0.378 e. The predicted molar refractivity (Wildman–Crippen MR) is 106 cm³/mol. The number of ether oxygens (including phenoxy) is 3. The van der Waals surface area contributed by atoms with E-state index in [9.17, 15) is 4.79 Å². The maximum Gasteiger partial charge on any atom is 0.251 e. The van der Waals surface area contributed by atoms with Gasteiger partial charge in [-0.05, 0) is 26.7 Å². The van der Waals surface area contributed by atoms with Crippen molar-refractivity contribution in [3.8, 4) is 0 Å². The summed E-state index contributed by atoms with van der Waals surface area (Å²) in [6, 6.07) is 0. The highest BCUT2D eigenvalue weighted by molar-refractivity contribution is 5.81. The highest BCUT2D eigenvalue weighted by Gasteiger charge is 2.48. The molecule has 3 saturated heterocycles. The standard InChI is InChI=1S/C21H32N4O4/c1-16-11-22-12-17(23-16)13-24-8-9-29-21(14-24)10-18(28-15-21)19(26)25-6-4-20(2,27-3)5-7-25/h11-12,18H,4-10,13-15H2,1-3H3/t18-,21+/m0/s1. The van der Waals surface area contributed by atoms with Crippen LogP contribution in [0.25, 0.3) is 0 Å². The number of methoxy groups -OCH3 is 1. The number of aryl methyl sites for hydroxylation is 1. The number of likely N-dealkylation sites (tertiary alicyclic amines) is 1. The van der Waals surface area contributed by atoms with Crippen molar-refractivity contribution in [3.63, 3.8) is 0 Å². The van der Waals surface area contributed by atoms with Crippen LogP contribution < -0.4 is 0 Å². The second-order valence-corrected chi connectivity index (χ2v) is 8.88. The molecule has 0 saturated carbocycles. The van der Waals surface area contributed by atoms with Crippen molar-refractivity contribution in [2.45, 2.75) is 57.0 Å². The molecule has 0 aliphatic carbocycles. The summed E-state index contributed by atoms with van der Waals surface area (Å²) in [4.78, 5) is 26.1. The van der Waals surface area contributed by atoms with Crippen LogP contribution >= 0.6 is 0 Å². The summed E-state index contributed by atoms with van der Waals surface area (Å²) in [5.74, 6) is 0.0882. The van der Waals surface area contributed by atoms with Gasteiger partial charge in [0, 0.05) is 58.6 Å². The van der Waals surface area contributed by atoms with Gasteiger partial charge in [0.2, 0.25) is 0 Å². The lowest BCUT2D eigenvalue weighted by molar-refractivity contribution is -0.145. The molecule has 4 heterocycles. The van der Waals surface area contributed by atoms with E-state index in [-0.39, 0.29) is 11.5 Å². The Morgan fingerprint density at radius 1 is 1.31 bits per heavy atom. The zero-order valence-electron chi connectivity index (χ0n) is 17.7. The number of hydrogen-bond donors (Lipinski definition) is 0. The van der Waals surface area contributed by atoms with Gasteiger partial charge in [-0.25, -0.2) is 0 Å². The first kappa shape index (κ1) is 20.7. The maximum absolute atomic E-state index is 13.0. The Balaban J connectivity index is 1.34. The van der Waals surface area contributed by atoms with Crippen LogP contribution in [0.1, 0.15) is 37.6 Å². The molecule has 0 bridgehead atoms. The molecule has 29 heavy (non-hydrogen) atoms. The fraction of sp³-hybridized carbons (Fsp3) is 0.762. The van der Waals surface area contributed by atoms with Gasteiger partial charge in [0.1, 0.15) is 11.7 Å². The fourth-order valence-corrected chi connectivity index (χ4v) is 4.56. The van der Waals surface area contributed by atoms with Crippen LogP contribution in [0.4, 0.5) is 0 Å². The number of hydrogen-bond acceptors (Lipinski definition) is 7. The minimum absolute atomic E-state index is 0.0882. The predicted octanol–water partition coefficient (Wildman–Crippen LogP) is 1.17. The quantitative estimate of drug-likeness (QED) is 0.746. The summed E-state index contributed by atoms with van der Waals surface area (Å²) < 4.78 is 17.7. The van der Waals surface area contributed by atoms with Gasteiger partial charge < -0.3 is 19.1 Å². The van der Waals surface area contributed by atoms with E-state index in [1.807, 2.05) is 18.0 Å². The Hall–Kier alpha value is -1.61. The number of amides is 1. The van der Waals surface area contributed by atoms with Crippen LogP contribution in [0.2, 0.25) is 0 Å². The van der Waals surface area contributed by atoms with E-state index in [4.69, 9.17) is 14.2 Å². The minimum Gasteiger partial charge on any atom is -0.378 e. The van der Waals surface area contributed by atoms with E-state index in [0.29, 0.717) is 19.6 Å². The molecule has 8 heteroatoms. The molecule has 1 aromatic heterocycles. The maximum atomic E-state index is 13.0. The van der Waals surface area contributed by atoms with Gasteiger partial charge in [-0.2, -0.15) is 0 Å². The molecule has 4 rings (SSSR count). The molecule has 3 aliphatic rings. The molecule has 160 valence electrons. The Kier molecular flexibility index (Phi) is 5.88. The topological polar surface area (TPSA) is 77.0 Å². The number of piperidine rings is 1. The van der Waals surface area contributed by atoms with Gasteiger partial charge in [0.25, 0.3) is 5.91 Å². The van der Waals surface area contributed by atoms with Crippen molar-refractivity contribution in [2.75, 3.05) is 46.5 Å². The van der Waals surface area contributed by atoms with Crippen LogP contribution in [0.3, 0.4) is 0 Å². The van der Waals surface area contributed by atoms with Crippen molar-refractivity contribution in [3.05, 3.63) is 23.8 Å². The summed E-state index contributed by atoms with van der Waals surface area (Å²) in [6.45, 7) is 8.92. The zero-order valence-corrected chi connectivity index (χ0v) is 17.7. The molecule has 0 unspecified atom stereocenters. The van der Waals surface area contributed by atoms with E-state index in [1.54, 1.807) is 13.3 Å². The monoisotopic (exact) mass is 404 g/mol. The Morgan fingerprint density at radius 3 is 2.83 bits per heavy atom. The zero-order chi connectivity index (χ0) is 20.5. The molecule has 0 N–H and O–H groups in total. The molecule has 1 aromatic rings. The van der Waals surface area contributed by atoms with Gasteiger partial charge in [0.15, 0.2) is 0 Å². The van der Waals surface area contributed by atoms with Crippen molar-refractivity contribution in [2.24, 2.45) is 0 Å². The minimum atomic E-state index is -0.416. The molecule has 8 nitrogen and oxygen atoms in total. The summed E-state index contributed by atoms with van der Waals surface area (Å²) in [6.07, 6.45) is 5.49. The van der Waals surface area contributed by atoms with Gasteiger partial charge in [-0.1, -0.05) is 0 Å². The lowest BCUT2D eigenvalue weighted by atomic mass is 9.92. The summed E-state index contributed by atoms with van der Waals surface area (Å²) in [7, 11) is 1.75. The van der Waals surface area contributed by atoms with Crippen molar-refractivity contribution in [1.82, 2.24) is 19.8 Å². The third kappa shape index (κ3) is 4.60. The van der Waals surface area contributed by atoms with Gasteiger partial charge in [0.05, 0.1) is 30.2 Å². The van der Waals surface area contributed by atoms with E-state index in [2.05, 4.69) is 21.8 Å². The third-order valence-electron chi connectivity index (χ3n) is 6.52. The SMILES string of the molecule is COC1(C)CCN(C(=O)[C@@H]2C[C@]3(CO2)CN(Cc2cncc(C)n2)CCO3)CC1. The van der Waals surface area contributed by atoms with Gasteiger partial charge in [-0.3, -0.25) is 19.7 Å². The Labute approximate surface area is 172 Å². The second kappa shape index (κ2) is 8.26. The highest BCUT2D eigenvalue weighted by atomic mass is 16.6. The lowest BCUT2D eigenvalue weighted by Crippen LogP contribution is -2.53. The van der Waals surface area contributed by atoms with Crippen molar-refractivity contribution in [1.29, 1.82) is 0 Å². The van der Waals surface area contributed by atoms with Gasteiger partial charge >= 0.3 is 0 Å². The molecular formula is C21H32N4O4. The average Bonchev–Trinajstić information content (AvgIpc) is 3.11. The molecule has 3 aliphatic heterocycles. The molecular weight excluding hydrogens is 372 g/mol. The summed E-state index contributed by atoms with van der Waals surface area (Å²) >= 11 is 0. The van der Waals surface area contributed by atoms with Crippen molar-refractivity contribution < 1.29 is 19.0 Å². The molecule has 0 radical (unpaired) electrons. The van der Waals surface area contributed by atoms with Crippen molar-refractivity contribution >= 4 is 5.91 Å². The van der Waals surface area contributed by atoms with E-state index in [1.165, 1.54) is 0 Å². The van der Waals surface area contributed by atoms with Crippen LogP contribution in [-0.2, 0) is 25.5 Å². The smallest absolute Gasteiger partial charge is 0.251 e. The first-order chi connectivity index (χ1) is 13.9. The number of carbonyl (C=O) groups excluding carboxylic acids is 1. The summed E-state index contributed by atoms with van der Waals surface area (Å²) in [5.41, 5.74) is 1.35. The second-order valence-electron chi connectivity index (χ2n) is 8.88. The van der Waals surface area contributed by atoms with E-state index in [0.717, 1.165) is 57.0 Å². The molecule has 1 spiro atoms. The van der Waals surface area contributed by atoms with Crippen LogP contribution in [0.15, 0.2) is 12.4 Å². The molecule has 1 amide bonds. The lowest BCUT2D eigenvalue weighted by Gasteiger charge is -2.40. The average molecular weight is 405 g/mol. The van der Waals surface area contributed by atoms with Crippen LogP contribution in [0.5, 0.6) is 0 Å². The number of rotatable bonds is 4. The van der Waals surface area contributed by atoms with E-state index < -0.39 is 11.7 Å². The Morgan fingerprint density at radius 2 is 2.10 bits per heavy atom. The summed E-state index contributed by atoms with van der Waals surface area (Å²) in [5, 5.41) is 0. The van der Waals surface area contributed by atoms with Crippen LogP contribution in [-0.4, -0.2) is 89.5 Å². The van der Waals surface area contributed by atoms with Crippen LogP contribution in [0, 0.1) is 6.92 Å². The number of nitrogens with zero attached hydrogens (tertiary/aromatic N) is 4. The number of morpholine rings is 1. The first-order valence-corrected chi connectivity index (χ1v) is 10.5. The van der Waals surface area contributed by atoms with E-state index >= 15 is 0 Å². The number of aromatic nitrogens is 2. The normalized spacial score (nSPS) is 30.0. The molecule has 0 aromatic carbocycles. The Bertz CT molecular complexity index is 737.